The van der Waals surface area contributed by atoms with E-state index in [1.807, 2.05) is 26.8 Å². The van der Waals surface area contributed by atoms with E-state index in [0.29, 0.717) is 5.69 Å². The number of para-hydroxylation sites is 1. The van der Waals surface area contributed by atoms with Crippen LogP contribution in [0, 0.1) is 20.8 Å². The Kier molecular flexibility index (Phi) is 7.43. The van der Waals surface area contributed by atoms with Crippen molar-refractivity contribution in [2.45, 2.75) is 44.9 Å². The molecule has 1 aliphatic rings. The molecule has 1 saturated heterocycles. The lowest BCUT2D eigenvalue weighted by molar-refractivity contribution is -0.275. The molecular formula is C25H26F3N3O4S2. The van der Waals surface area contributed by atoms with Gasteiger partial charge in [-0.1, -0.05) is 18.2 Å². The van der Waals surface area contributed by atoms with E-state index in [0.717, 1.165) is 71.8 Å². The van der Waals surface area contributed by atoms with Crippen LogP contribution in [0.25, 0.3) is 0 Å². The van der Waals surface area contributed by atoms with Gasteiger partial charge in [0.25, 0.3) is 15.9 Å². The molecular weight excluding hydrogens is 527 g/mol. The van der Waals surface area contributed by atoms with E-state index in [2.05, 4.69) is 19.7 Å². The predicted octanol–water partition coefficient (Wildman–Crippen LogP) is 6.23. The van der Waals surface area contributed by atoms with E-state index in [1.165, 1.54) is 23.6 Å². The second kappa shape index (κ2) is 10.3. The Morgan fingerprint density at radius 3 is 2.41 bits per heavy atom. The Hall–Kier alpha value is -3.25. The number of nitrogens with one attached hydrogen (secondary N) is 2. The molecule has 1 fully saturated rings. The summed E-state index contributed by atoms with van der Waals surface area (Å²) < 4.78 is 70.5. The molecule has 3 aromatic rings. The van der Waals surface area contributed by atoms with Crippen LogP contribution in [0.3, 0.4) is 0 Å². The number of sulfonamides is 1. The van der Waals surface area contributed by atoms with Crippen LogP contribution in [0.2, 0.25) is 0 Å². The molecule has 0 radical (unpaired) electrons. The number of rotatable bonds is 7. The van der Waals surface area contributed by atoms with Crippen molar-refractivity contribution in [1.82, 2.24) is 0 Å². The minimum atomic E-state index is -5.07. The van der Waals surface area contributed by atoms with Gasteiger partial charge in [0.1, 0.15) is 15.5 Å². The van der Waals surface area contributed by atoms with Crippen molar-refractivity contribution in [2.75, 3.05) is 28.0 Å². The third-order valence-electron chi connectivity index (χ3n) is 6.07. The number of benzene rings is 2. The van der Waals surface area contributed by atoms with Crippen LogP contribution in [-0.2, 0) is 10.0 Å². The number of hydrogen-bond acceptors (Lipinski definition) is 6. The first-order chi connectivity index (χ1) is 17.4. The molecule has 1 amide bonds. The maximum absolute atomic E-state index is 13.3. The number of carbonyl (C=O) groups is 1. The lowest BCUT2D eigenvalue weighted by Crippen LogP contribution is -2.22. The quantitative estimate of drug-likeness (QED) is 0.363. The number of nitrogens with zero attached hydrogens (tertiary/aromatic N) is 1. The van der Waals surface area contributed by atoms with Crippen LogP contribution in [-0.4, -0.2) is 33.8 Å². The van der Waals surface area contributed by atoms with Gasteiger partial charge in [-0.25, -0.2) is 8.42 Å². The molecule has 0 atom stereocenters. The molecule has 2 heterocycles. The first-order valence-corrected chi connectivity index (χ1v) is 13.9. The van der Waals surface area contributed by atoms with Crippen LogP contribution in [0.1, 0.15) is 39.2 Å². The van der Waals surface area contributed by atoms with E-state index < -0.39 is 32.9 Å². The van der Waals surface area contributed by atoms with Crippen molar-refractivity contribution in [2.24, 2.45) is 0 Å². The summed E-state index contributed by atoms with van der Waals surface area (Å²) in [7, 11) is -4.51. The molecule has 1 aliphatic heterocycles. The molecule has 0 saturated carbocycles. The highest BCUT2D eigenvalue weighted by molar-refractivity contribution is 7.92. The van der Waals surface area contributed by atoms with Crippen molar-refractivity contribution < 1.29 is 31.1 Å². The molecule has 0 aliphatic carbocycles. The number of carbonyl (C=O) groups excluding carboxylic acids is 1. The highest BCUT2D eigenvalue weighted by atomic mass is 32.2. The normalized spacial score (nSPS) is 14.1. The lowest BCUT2D eigenvalue weighted by atomic mass is 10.0. The third kappa shape index (κ3) is 5.85. The summed E-state index contributed by atoms with van der Waals surface area (Å²) in [5, 5.41) is 4.44. The van der Waals surface area contributed by atoms with Gasteiger partial charge in [0.2, 0.25) is 0 Å². The number of amides is 1. The van der Waals surface area contributed by atoms with Gasteiger partial charge in [0.15, 0.2) is 0 Å². The summed E-state index contributed by atoms with van der Waals surface area (Å²) in [6.45, 7) is 7.74. The molecule has 37 heavy (non-hydrogen) atoms. The largest absolute Gasteiger partial charge is 0.573 e. The Morgan fingerprint density at radius 1 is 1.05 bits per heavy atom. The van der Waals surface area contributed by atoms with Gasteiger partial charge >= 0.3 is 6.36 Å². The fraction of sp³-hybridized carbons (Fsp3) is 0.320. The summed E-state index contributed by atoms with van der Waals surface area (Å²) in [5.74, 6) is -1.40. The fourth-order valence-electron chi connectivity index (χ4n) is 4.61. The highest BCUT2D eigenvalue weighted by Gasteiger charge is 2.34. The Balaban J connectivity index is 1.61. The topological polar surface area (TPSA) is 87.7 Å². The average Bonchev–Trinajstić information content (AvgIpc) is 3.48. The second-order valence-corrected chi connectivity index (χ2v) is 11.3. The van der Waals surface area contributed by atoms with Crippen LogP contribution in [0.4, 0.5) is 30.2 Å². The Bertz CT molecular complexity index is 1430. The predicted molar refractivity (Wildman–Crippen MR) is 138 cm³/mol. The minimum Gasteiger partial charge on any atom is -0.404 e. The lowest BCUT2D eigenvalue weighted by Gasteiger charge is -2.26. The number of alkyl halides is 3. The zero-order valence-electron chi connectivity index (χ0n) is 20.4. The number of halogens is 3. The van der Waals surface area contributed by atoms with Crippen LogP contribution in [0.5, 0.6) is 5.75 Å². The maximum Gasteiger partial charge on any atom is 0.573 e. The maximum atomic E-state index is 13.3. The molecule has 2 N–H and O–H groups in total. The van der Waals surface area contributed by atoms with E-state index in [-0.39, 0.29) is 10.6 Å². The molecule has 2 aromatic carbocycles. The number of aryl methyl sites for hydroxylation is 2. The molecule has 0 spiro atoms. The molecule has 4 rings (SSSR count). The van der Waals surface area contributed by atoms with Crippen LogP contribution < -0.4 is 19.7 Å². The average molecular weight is 554 g/mol. The number of anilines is 3. The minimum absolute atomic E-state index is 0.0495. The molecule has 198 valence electrons. The summed E-state index contributed by atoms with van der Waals surface area (Å²) in [6, 6.07) is 7.80. The van der Waals surface area contributed by atoms with Crippen molar-refractivity contribution >= 4 is 44.3 Å². The summed E-state index contributed by atoms with van der Waals surface area (Å²) in [4.78, 5) is 14.9. The zero-order valence-corrected chi connectivity index (χ0v) is 22.0. The van der Waals surface area contributed by atoms with Crippen molar-refractivity contribution in [3.05, 3.63) is 63.3 Å². The number of thiophene rings is 1. The van der Waals surface area contributed by atoms with Gasteiger partial charge in [0, 0.05) is 24.5 Å². The standard InChI is InChI=1S/C25H26F3N3O4S2/c1-15-14-16(2)22(31-11-6-7-12-31)17(3)21(15)29-24(32)23-18(10-13-36-23)30-37(33,34)20-9-5-4-8-19(20)35-25(26,27)28/h4-5,8-10,13-14,30H,6-7,11-12H2,1-3H3,(H,29,32). The Morgan fingerprint density at radius 2 is 1.73 bits per heavy atom. The number of hydrogen-bond donors (Lipinski definition) is 2. The third-order valence-corrected chi connectivity index (χ3v) is 8.39. The molecule has 1 aromatic heterocycles. The van der Waals surface area contributed by atoms with Crippen LogP contribution in [0.15, 0.2) is 46.7 Å². The summed E-state index contributed by atoms with van der Waals surface area (Å²) >= 11 is 1.01. The molecule has 0 bridgehead atoms. The van der Waals surface area contributed by atoms with Crippen molar-refractivity contribution in [1.29, 1.82) is 0 Å². The SMILES string of the molecule is Cc1cc(C)c(N2CCCC2)c(C)c1NC(=O)c1sccc1NS(=O)(=O)c1ccccc1OC(F)(F)F. The first kappa shape index (κ1) is 26.8. The van der Waals surface area contributed by atoms with Gasteiger partial charge in [-0.15, -0.1) is 24.5 Å². The van der Waals surface area contributed by atoms with Gasteiger partial charge in [-0.3, -0.25) is 9.52 Å². The van der Waals surface area contributed by atoms with E-state index >= 15 is 0 Å². The van der Waals surface area contributed by atoms with Crippen molar-refractivity contribution in [3.8, 4) is 5.75 Å². The first-order valence-electron chi connectivity index (χ1n) is 11.5. The van der Waals surface area contributed by atoms with Gasteiger partial charge in [-0.2, -0.15) is 0 Å². The van der Waals surface area contributed by atoms with Gasteiger partial charge in [-0.05, 0) is 73.9 Å². The van der Waals surface area contributed by atoms with Crippen LogP contribution >= 0.6 is 11.3 Å². The van der Waals surface area contributed by atoms with E-state index in [4.69, 9.17) is 0 Å². The van der Waals surface area contributed by atoms with E-state index in [1.54, 1.807) is 0 Å². The molecule has 7 nitrogen and oxygen atoms in total. The van der Waals surface area contributed by atoms with Gasteiger partial charge < -0.3 is 15.0 Å². The summed E-state index contributed by atoms with van der Waals surface area (Å²) in [6.07, 6.45) is -2.87. The molecule has 12 heteroatoms. The fourth-order valence-corrected chi connectivity index (χ4v) is 6.62. The van der Waals surface area contributed by atoms with Gasteiger partial charge in [0.05, 0.1) is 5.69 Å². The summed E-state index contributed by atoms with van der Waals surface area (Å²) in [5.41, 5.74) is 4.56. The van der Waals surface area contributed by atoms with E-state index in [9.17, 15) is 26.4 Å². The van der Waals surface area contributed by atoms with Crippen molar-refractivity contribution in [3.63, 3.8) is 0 Å². The second-order valence-electron chi connectivity index (χ2n) is 8.77. The number of ether oxygens (including phenoxy) is 1. The molecule has 0 unspecified atom stereocenters. The zero-order chi connectivity index (χ0) is 27.0. The highest BCUT2D eigenvalue weighted by Crippen LogP contribution is 2.37. The Labute approximate surface area is 217 Å². The monoisotopic (exact) mass is 553 g/mol. The smallest absolute Gasteiger partial charge is 0.404 e.